The van der Waals surface area contributed by atoms with Crippen molar-refractivity contribution in [2.24, 2.45) is 0 Å². The molecule has 0 bridgehead atoms. The van der Waals surface area contributed by atoms with Crippen LogP contribution in [0.2, 0.25) is 0 Å². The van der Waals surface area contributed by atoms with Crippen molar-refractivity contribution in [2.45, 2.75) is 18.9 Å². The van der Waals surface area contributed by atoms with Crippen LogP contribution in [0.25, 0.3) is 11.4 Å². The highest BCUT2D eigenvalue weighted by molar-refractivity contribution is 5.51. The van der Waals surface area contributed by atoms with Gasteiger partial charge in [0.05, 0.1) is 18.4 Å². The Morgan fingerprint density at radius 2 is 2.06 bits per heavy atom. The summed E-state index contributed by atoms with van der Waals surface area (Å²) in [5.74, 6) is 0. The van der Waals surface area contributed by atoms with Crippen LogP contribution in [0, 0.1) is 0 Å². The normalized spacial score (nSPS) is 17.2. The highest BCUT2D eigenvalue weighted by atomic mass is 15.4. The van der Waals surface area contributed by atoms with Gasteiger partial charge in [-0.05, 0) is 25.9 Å². The average molecular weight is 230 g/mol. The molecule has 2 aromatic heterocycles. The van der Waals surface area contributed by atoms with Gasteiger partial charge in [0.25, 0.3) is 0 Å². The summed E-state index contributed by atoms with van der Waals surface area (Å²) >= 11 is 0. The summed E-state index contributed by atoms with van der Waals surface area (Å²) in [5.41, 5.74) is 1.78. The molecule has 1 aliphatic heterocycles. The minimum Gasteiger partial charge on any atom is -0.317 e. The molecule has 3 rings (SSSR count). The smallest absolute Gasteiger partial charge is 0.109 e. The Bertz CT molecular complexity index is 474. The Kier molecular flexibility index (Phi) is 2.79. The van der Waals surface area contributed by atoms with E-state index in [0.29, 0.717) is 6.04 Å². The summed E-state index contributed by atoms with van der Waals surface area (Å²) in [4.78, 5) is 8.38. The van der Waals surface area contributed by atoms with E-state index >= 15 is 0 Å². The van der Waals surface area contributed by atoms with Crippen LogP contribution in [0.1, 0.15) is 18.9 Å². The molecule has 2 aromatic rings. The van der Waals surface area contributed by atoms with Crippen molar-refractivity contribution in [1.82, 2.24) is 30.3 Å². The molecule has 0 radical (unpaired) electrons. The van der Waals surface area contributed by atoms with Crippen molar-refractivity contribution < 1.29 is 0 Å². The fourth-order valence-corrected chi connectivity index (χ4v) is 2.18. The van der Waals surface area contributed by atoms with Gasteiger partial charge in [0.2, 0.25) is 0 Å². The van der Waals surface area contributed by atoms with Gasteiger partial charge in [-0.15, -0.1) is 5.10 Å². The lowest BCUT2D eigenvalue weighted by Crippen LogP contribution is -2.30. The molecule has 0 atom stereocenters. The van der Waals surface area contributed by atoms with Crippen LogP contribution in [0.5, 0.6) is 0 Å². The highest BCUT2D eigenvalue weighted by Crippen LogP contribution is 2.23. The molecule has 0 spiro atoms. The zero-order valence-corrected chi connectivity index (χ0v) is 9.45. The van der Waals surface area contributed by atoms with E-state index < -0.39 is 0 Å². The predicted octanol–water partition coefficient (Wildman–Crippen LogP) is 0.660. The summed E-state index contributed by atoms with van der Waals surface area (Å²) in [6.45, 7) is 2.06. The predicted molar refractivity (Wildman–Crippen MR) is 62.2 cm³/mol. The van der Waals surface area contributed by atoms with Gasteiger partial charge < -0.3 is 5.32 Å². The minimum atomic E-state index is 0.413. The molecule has 0 aliphatic carbocycles. The Labute approximate surface area is 99.1 Å². The third kappa shape index (κ3) is 2.03. The van der Waals surface area contributed by atoms with Crippen molar-refractivity contribution in [3.63, 3.8) is 0 Å². The van der Waals surface area contributed by atoms with Crippen molar-refractivity contribution >= 4 is 0 Å². The molecule has 88 valence electrons. The van der Waals surface area contributed by atoms with E-state index in [-0.39, 0.29) is 0 Å². The van der Waals surface area contributed by atoms with E-state index in [1.807, 2.05) is 4.68 Å². The van der Waals surface area contributed by atoms with E-state index in [1.165, 1.54) is 0 Å². The van der Waals surface area contributed by atoms with Crippen LogP contribution < -0.4 is 5.32 Å². The molecule has 0 unspecified atom stereocenters. The van der Waals surface area contributed by atoms with Gasteiger partial charge in [-0.25, -0.2) is 4.68 Å². The zero-order chi connectivity index (χ0) is 11.5. The first kappa shape index (κ1) is 10.3. The van der Waals surface area contributed by atoms with Gasteiger partial charge in [-0.3, -0.25) is 9.97 Å². The molecule has 17 heavy (non-hydrogen) atoms. The summed E-state index contributed by atoms with van der Waals surface area (Å²) in [5, 5.41) is 11.5. The standard InChI is InChI=1S/C11H14N6/c1-3-12-4-2-9(1)17-11(8-15-16-17)10-7-13-5-6-14-10/h5-9,12H,1-4H2. The molecule has 0 saturated carbocycles. The summed E-state index contributed by atoms with van der Waals surface area (Å²) in [6, 6.07) is 0.413. The SMILES string of the molecule is c1cnc(-c2cnnn2C2CCNCC2)cn1. The molecule has 1 N–H and O–H groups in total. The Morgan fingerprint density at radius 3 is 2.82 bits per heavy atom. The lowest BCUT2D eigenvalue weighted by molar-refractivity contribution is 0.340. The quantitative estimate of drug-likeness (QED) is 0.820. The number of rotatable bonds is 2. The lowest BCUT2D eigenvalue weighted by atomic mass is 10.1. The molecule has 0 aromatic carbocycles. The molecule has 1 saturated heterocycles. The van der Waals surface area contributed by atoms with Crippen molar-refractivity contribution in [2.75, 3.05) is 13.1 Å². The van der Waals surface area contributed by atoms with E-state index in [4.69, 9.17) is 0 Å². The fourth-order valence-electron chi connectivity index (χ4n) is 2.18. The fraction of sp³-hybridized carbons (Fsp3) is 0.455. The molecule has 0 amide bonds. The average Bonchev–Trinajstić information content (AvgIpc) is 2.90. The Morgan fingerprint density at radius 1 is 1.18 bits per heavy atom. The molecular weight excluding hydrogens is 216 g/mol. The molecule has 6 heteroatoms. The Balaban J connectivity index is 1.93. The van der Waals surface area contributed by atoms with Gasteiger partial charge in [0.15, 0.2) is 0 Å². The Hall–Kier alpha value is -1.82. The topological polar surface area (TPSA) is 68.5 Å². The van der Waals surface area contributed by atoms with E-state index in [1.54, 1.807) is 24.8 Å². The van der Waals surface area contributed by atoms with Crippen LogP contribution in [0.15, 0.2) is 24.8 Å². The molecule has 6 nitrogen and oxygen atoms in total. The van der Waals surface area contributed by atoms with Gasteiger partial charge >= 0.3 is 0 Å². The van der Waals surface area contributed by atoms with E-state index in [2.05, 4.69) is 25.6 Å². The molecule has 1 fully saturated rings. The molecular formula is C11H14N6. The summed E-state index contributed by atoms with van der Waals surface area (Å²) < 4.78 is 1.98. The zero-order valence-electron chi connectivity index (χ0n) is 9.45. The van der Waals surface area contributed by atoms with E-state index in [0.717, 1.165) is 37.3 Å². The first-order valence-corrected chi connectivity index (χ1v) is 5.82. The van der Waals surface area contributed by atoms with E-state index in [9.17, 15) is 0 Å². The van der Waals surface area contributed by atoms with Crippen LogP contribution in [-0.2, 0) is 0 Å². The number of nitrogens with one attached hydrogen (secondary N) is 1. The van der Waals surface area contributed by atoms with Crippen LogP contribution in [0.4, 0.5) is 0 Å². The second kappa shape index (κ2) is 4.58. The highest BCUT2D eigenvalue weighted by Gasteiger charge is 2.19. The second-order valence-corrected chi connectivity index (χ2v) is 4.14. The largest absolute Gasteiger partial charge is 0.317 e. The van der Waals surface area contributed by atoms with Gasteiger partial charge in [0.1, 0.15) is 11.4 Å². The summed E-state index contributed by atoms with van der Waals surface area (Å²) in [6.07, 6.45) is 9.02. The monoisotopic (exact) mass is 230 g/mol. The number of nitrogens with zero attached hydrogens (tertiary/aromatic N) is 5. The lowest BCUT2D eigenvalue weighted by Gasteiger charge is -2.23. The maximum atomic E-state index is 4.30. The summed E-state index contributed by atoms with van der Waals surface area (Å²) in [7, 11) is 0. The van der Waals surface area contributed by atoms with Crippen molar-refractivity contribution in [3.8, 4) is 11.4 Å². The maximum Gasteiger partial charge on any atom is 0.109 e. The van der Waals surface area contributed by atoms with Gasteiger partial charge in [-0.1, -0.05) is 5.21 Å². The second-order valence-electron chi connectivity index (χ2n) is 4.14. The van der Waals surface area contributed by atoms with Gasteiger partial charge in [-0.2, -0.15) is 0 Å². The van der Waals surface area contributed by atoms with Crippen LogP contribution in [0.3, 0.4) is 0 Å². The van der Waals surface area contributed by atoms with Crippen LogP contribution in [-0.4, -0.2) is 38.1 Å². The molecule has 1 aliphatic rings. The third-order valence-electron chi connectivity index (χ3n) is 3.05. The van der Waals surface area contributed by atoms with Gasteiger partial charge in [0, 0.05) is 12.4 Å². The third-order valence-corrected chi connectivity index (χ3v) is 3.05. The number of hydrogen-bond donors (Lipinski definition) is 1. The number of hydrogen-bond acceptors (Lipinski definition) is 5. The maximum absolute atomic E-state index is 4.30. The minimum absolute atomic E-state index is 0.413. The number of piperidine rings is 1. The first-order valence-electron chi connectivity index (χ1n) is 5.82. The number of aromatic nitrogens is 5. The van der Waals surface area contributed by atoms with Crippen LogP contribution >= 0.6 is 0 Å². The molecule has 3 heterocycles. The van der Waals surface area contributed by atoms with Crippen molar-refractivity contribution in [1.29, 1.82) is 0 Å². The first-order chi connectivity index (χ1) is 8.45. The van der Waals surface area contributed by atoms with Crippen molar-refractivity contribution in [3.05, 3.63) is 24.8 Å².